The van der Waals surface area contributed by atoms with Crippen molar-refractivity contribution < 1.29 is 27.4 Å². The Morgan fingerprint density at radius 2 is 1.73 bits per heavy atom. The number of aromatic amines is 1. The van der Waals surface area contributed by atoms with Crippen molar-refractivity contribution in [1.29, 1.82) is 0 Å². The Labute approximate surface area is 188 Å². The van der Waals surface area contributed by atoms with Crippen LogP contribution in [0.5, 0.6) is 17.4 Å². The first-order chi connectivity index (χ1) is 15.9. The number of nitrogens with one attached hydrogen (secondary N) is 1. The highest BCUT2D eigenvalue weighted by Gasteiger charge is 2.30. The van der Waals surface area contributed by atoms with Crippen molar-refractivity contribution in [2.24, 2.45) is 0 Å². The van der Waals surface area contributed by atoms with Gasteiger partial charge in [0.15, 0.2) is 0 Å². The molecule has 1 fully saturated rings. The van der Waals surface area contributed by atoms with Crippen molar-refractivity contribution in [2.45, 2.75) is 12.6 Å². The Kier molecular flexibility index (Phi) is 6.83. The van der Waals surface area contributed by atoms with E-state index in [0.717, 1.165) is 38.2 Å². The average Bonchev–Trinajstić information content (AvgIpc) is 3.33. The average molecular weight is 460 g/mol. The highest BCUT2D eigenvalue weighted by atomic mass is 19.4. The number of benzene rings is 1. The quantitative estimate of drug-likeness (QED) is 0.583. The molecule has 1 amide bonds. The number of hydrogen-bond donors (Lipinski definition) is 1. The molecule has 1 aromatic carbocycles. The van der Waals surface area contributed by atoms with E-state index in [1.54, 1.807) is 29.2 Å². The molecular weight excluding hydrogens is 437 g/mol. The van der Waals surface area contributed by atoms with Gasteiger partial charge in [0.05, 0.1) is 5.56 Å². The van der Waals surface area contributed by atoms with E-state index in [0.29, 0.717) is 30.8 Å². The van der Waals surface area contributed by atoms with E-state index in [9.17, 15) is 18.0 Å². The molecule has 1 aliphatic heterocycles. The standard InChI is InChI=1S/C23H23F3N4O3/c24-23(25,26)17-3-8-21(28-16-17)32-19-4-6-20(7-5-19)33-22(31)30-14-12-29(13-15-30)11-9-18-2-1-10-27-18/h1-8,10,16,27H,9,11-15H2. The van der Waals surface area contributed by atoms with Crippen LogP contribution in [0.3, 0.4) is 0 Å². The topological polar surface area (TPSA) is 70.7 Å². The molecule has 4 rings (SSSR count). The molecule has 1 aliphatic rings. The lowest BCUT2D eigenvalue weighted by atomic mass is 10.2. The van der Waals surface area contributed by atoms with Gasteiger partial charge in [-0.2, -0.15) is 13.2 Å². The van der Waals surface area contributed by atoms with E-state index >= 15 is 0 Å². The highest BCUT2D eigenvalue weighted by Crippen LogP contribution is 2.30. The first-order valence-corrected chi connectivity index (χ1v) is 10.5. The van der Waals surface area contributed by atoms with Crippen molar-refractivity contribution in [3.05, 3.63) is 72.2 Å². The molecule has 2 aromatic heterocycles. The number of ether oxygens (including phenoxy) is 2. The maximum absolute atomic E-state index is 12.6. The Hall–Kier alpha value is -3.53. The highest BCUT2D eigenvalue weighted by molar-refractivity contribution is 5.70. The number of aromatic nitrogens is 2. The normalized spacial score (nSPS) is 14.8. The Morgan fingerprint density at radius 3 is 2.33 bits per heavy atom. The molecular formula is C23H23F3N4O3. The Morgan fingerprint density at radius 1 is 1.00 bits per heavy atom. The Balaban J connectivity index is 1.23. The number of carbonyl (C=O) groups is 1. The van der Waals surface area contributed by atoms with Crippen LogP contribution in [-0.2, 0) is 12.6 Å². The predicted molar refractivity (Wildman–Crippen MR) is 114 cm³/mol. The van der Waals surface area contributed by atoms with E-state index < -0.39 is 17.8 Å². The summed E-state index contributed by atoms with van der Waals surface area (Å²) in [6, 6.07) is 12.3. The number of carbonyl (C=O) groups excluding carboxylic acids is 1. The number of amides is 1. The number of pyridine rings is 1. The molecule has 0 spiro atoms. The summed E-state index contributed by atoms with van der Waals surface area (Å²) in [5.74, 6) is 0.738. The summed E-state index contributed by atoms with van der Waals surface area (Å²) in [5, 5.41) is 0. The minimum absolute atomic E-state index is 0.0295. The van der Waals surface area contributed by atoms with Gasteiger partial charge in [-0.15, -0.1) is 0 Å². The monoisotopic (exact) mass is 460 g/mol. The third-order valence-electron chi connectivity index (χ3n) is 5.31. The molecule has 174 valence electrons. The van der Waals surface area contributed by atoms with Crippen LogP contribution in [0.4, 0.5) is 18.0 Å². The lowest BCUT2D eigenvalue weighted by molar-refractivity contribution is -0.137. The zero-order chi connectivity index (χ0) is 23.3. The van der Waals surface area contributed by atoms with Crippen LogP contribution in [0.15, 0.2) is 60.9 Å². The van der Waals surface area contributed by atoms with E-state index in [1.807, 2.05) is 12.3 Å². The van der Waals surface area contributed by atoms with E-state index in [-0.39, 0.29) is 5.88 Å². The van der Waals surface area contributed by atoms with Crippen LogP contribution in [-0.4, -0.2) is 58.6 Å². The predicted octanol–water partition coefficient (Wildman–Crippen LogP) is 4.58. The fourth-order valence-electron chi connectivity index (χ4n) is 3.43. The summed E-state index contributed by atoms with van der Waals surface area (Å²) >= 11 is 0. The van der Waals surface area contributed by atoms with Crippen LogP contribution >= 0.6 is 0 Å². The van der Waals surface area contributed by atoms with Gasteiger partial charge in [0.25, 0.3) is 0 Å². The van der Waals surface area contributed by atoms with Gasteiger partial charge in [0, 0.05) is 63.3 Å². The molecule has 0 atom stereocenters. The SMILES string of the molecule is O=C(Oc1ccc(Oc2ccc(C(F)(F)F)cn2)cc1)N1CCN(CCc2ccc[nH]2)CC1. The third kappa shape index (κ3) is 6.26. The molecule has 0 aliphatic carbocycles. The molecule has 0 unspecified atom stereocenters. The van der Waals surface area contributed by atoms with Crippen molar-refractivity contribution in [3.63, 3.8) is 0 Å². The smallest absolute Gasteiger partial charge is 0.417 e. The summed E-state index contributed by atoms with van der Waals surface area (Å²) < 4.78 is 48.7. The second-order valence-corrected chi connectivity index (χ2v) is 7.60. The molecule has 10 heteroatoms. The zero-order valence-electron chi connectivity index (χ0n) is 17.7. The van der Waals surface area contributed by atoms with E-state index in [1.165, 1.54) is 5.69 Å². The van der Waals surface area contributed by atoms with Gasteiger partial charge in [0.1, 0.15) is 11.5 Å². The minimum atomic E-state index is -4.45. The molecule has 3 heterocycles. The van der Waals surface area contributed by atoms with Gasteiger partial charge < -0.3 is 19.4 Å². The number of rotatable bonds is 6. The molecule has 33 heavy (non-hydrogen) atoms. The van der Waals surface area contributed by atoms with Crippen molar-refractivity contribution in [1.82, 2.24) is 19.8 Å². The van der Waals surface area contributed by atoms with E-state index in [4.69, 9.17) is 9.47 Å². The van der Waals surface area contributed by atoms with E-state index in [2.05, 4.69) is 20.9 Å². The largest absolute Gasteiger partial charge is 0.439 e. The van der Waals surface area contributed by atoms with Gasteiger partial charge in [0.2, 0.25) is 5.88 Å². The number of piperazine rings is 1. The van der Waals surface area contributed by atoms with Gasteiger partial charge >= 0.3 is 12.3 Å². The number of alkyl halides is 3. The minimum Gasteiger partial charge on any atom is -0.439 e. The summed E-state index contributed by atoms with van der Waals surface area (Å²) in [6.45, 7) is 3.67. The molecule has 1 saturated heterocycles. The number of halogens is 3. The second-order valence-electron chi connectivity index (χ2n) is 7.60. The molecule has 3 aromatic rings. The summed E-state index contributed by atoms with van der Waals surface area (Å²) in [7, 11) is 0. The second kappa shape index (κ2) is 9.95. The van der Waals surface area contributed by atoms with Crippen LogP contribution in [0.2, 0.25) is 0 Å². The first-order valence-electron chi connectivity index (χ1n) is 10.5. The fourth-order valence-corrected chi connectivity index (χ4v) is 3.43. The molecule has 1 N–H and O–H groups in total. The maximum atomic E-state index is 12.6. The molecule has 0 radical (unpaired) electrons. The fraction of sp³-hybridized carbons (Fsp3) is 0.304. The lowest BCUT2D eigenvalue weighted by Gasteiger charge is -2.33. The molecule has 7 nitrogen and oxygen atoms in total. The number of nitrogens with zero attached hydrogens (tertiary/aromatic N) is 3. The van der Waals surface area contributed by atoms with Crippen LogP contribution in [0, 0.1) is 0 Å². The van der Waals surface area contributed by atoms with Crippen molar-refractivity contribution >= 4 is 6.09 Å². The third-order valence-corrected chi connectivity index (χ3v) is 5.31. The number of H-pyrrole nitrogens is 1. The lowest BCUT2D eigenvalue weighted by Crippen LogP contribution is -2.49. The van der Waals surface area contributed by atoms with Crippen molar-refractivity contribution in [3.8, 4) is 17.4 Å². The zero-order valence-corrected chi connectivity index (χ0v) is 17.7. The van der Waals surface area contributed by atoms with Crippen LogP contribution in [0.1, 0.15) is 11.3 Å². The van der Waals surface area contributed by atoms with Gasteiger partial charge in [-0.25, -0.2) is 9.78 Å². The maximum Gasteiger partial charge on any atom is 0.417 e. The summed E-state index contributed by atoms with van der Waals surface area (Å²) in [6.07, 6.45) is -1.31. The van der Waals surface area contributed by atoms with Gasteiger partial charge in [-0.05, 0) is 42.5 Å². The Bertz CT molecular complexity index is 1030. The molecule has 0 saturated carbocycles. The van der Waals surface area contributed by atoms with Crippen LogP contribution in [0.25, 0.3) is 0 Å². The number of hydrogen-bond acceptors (Lipinski definition) is 5. The van der Waals surface area contributed by atoms with Crippen molar-refractivity contribution in [2.75, 3.05) is 32.7 Å². The van der Waals surface area contributed by atoms with Crippen LogP contribution < -0.4 is 9.47 Å². The first kappa shape index (κ1) is 22.7. The van der Waals surface area contributed by atoms with Gasteiger partial charge in [-0.3, -0.25) is 4.90 Å². The molecule has 0 bridgehead atoms. The summed E-state index contributed by atoms with van der Waals surface area (Å²) in [4.78, 5) is 23.3. The van der Waals surface area contributed by atoms with Gasteiger partial charge in [-0.1, -0.05) is 0 Å². The summed E-state index contributed by atoms with van der Waals surface area (Å²) in [5.41, 5.74) is 0.344.